The minimum atomic E-state index is -3.79. The van der Waals surface area contributed by atoms with Crippen LogP contribution in [0.15, 0.2) is 34.7 Å². The van der Waals surface area contributed by atoms with Gasteiger partial charge in [-0.2, -0.15) is 0 Å². The van der Waals surface area contributed by atoms with Gasteiger partial charge in [0.1, 0.15) is 0 Å². The lowest BCUT2D eigenvalue weighted by atomic mass is 10.1. The van der Waals surface area contributed by atoms with Crippen LogP contribution in [0.4, 0.5) is 5.13 Å². The lowest BCUT2D eigenvalue weighted by molar-refractivity contribution is -0.114. The third-order valence-corrected chi connectivity index (χ3v) is 5.50. The monoisotopic (exact) mass is 340 g/mol. The molecule has 1 unspecified atom stereocenters. The topological polar surface area (TPSA) is 101 Å². The van der Waals surface area contributed by atoms with Crippen LogP contribution < -0.4 is 10.0 Å². The van der Waals surface area contributed by atoms with Gasteiger partial charge in [-0.1, -0.05) is 48.6 Å². The van der Waals surface area contributed by atoms with Crippen LogP contribution in [0, 0.1) is 0 Å². The van der Waals surface area contributed by atoms with Crippen molar-refractivity contribution in [3.8, 4) is 0 Å². The van der Waals surface area contributed by atoms with E-state index in [0.29, 0.717) is 6.42 Å². The van der Waals surface area contributed by atoms with Crippen LogP contribution in [0.3, 0.4) is 0 Å². The van der Waals surface area contributed by atoms with Gasteiger partial charge in [0.05, 0.1) is 0 Å². The predicted octanol–water partition coefficient (Wildman–Crippen LogP) is 1.93. The minimum Gasteiger partial charge on any atom is -0.301 e. The van der Waals surface area contributed by atoms with Crippen LogP contribution in [0.1, 0.15) is 31.9 Å². The number of nitrogens with zero attached hydrogens (tertiary/aromatic N) is 2. The van der Waals surface area contributed by atoms with Crippen molar-refractivity contribution in [1.82, 2.24) is 14.9 Å². The smallest absolute Gasteiger partial charge is 0.270 e. The highest BCUT2D eigenvalue weighted by Crippen LogP contribution is 2.23. The Bertz CT molecular complexity index is 744. The lowest BCUT2D eigenvalue weighted by Gasteiger charge is -2.16. The molecule has 1 aromatic carbocycles. The van der Waals surface area contributed by atoms with Crippen molar-refractivity contribution >= 4 is 32.4 Å². The van der Waals surface area contributed by atoms with Gasteiger partial charge in [-0.3, -0.25) is 4.79 Å². The van der Waals surface area contributed by atoms with Gasteiger partial charge in [0.15, 0.2) is 0 Å². The zero-order chi connectivity index (χ0) is 16.2. The fourth-order valence-electron chi connectivity index (χ4n) is 1.83. The van der Waals surface area contributed by atoms with Gasteiger partial charge in [-0.05, 0) is 12.0 Å². The second kappa shape index (κ2) is 6.95. The number of carbonyl (C=O) groups excluding carboxylic acids is 1. The maximum absolute atomic E-state index is 12.4. The van der Waals surface area contributed by atoms with Gasteiger partial charge in [0.2, 0.25) is 15.4 Å². The summed E-state index contributed by atoms with van der Waals surface area (Å²) >= 11 is 0.811. The second-order valence-corrected chi connectivity index (χ2v) is 7.41. The van der Waals surface area contributed by atoms with E-state index in [0.717, 1.165) is 16.9 Å². The second-order valence-electron chi connectivity index (χ2n) is 4.55. The molecule has 2 N–H and O–H groups in total. The summed E-state index contributed by atoms with van der Waals surface area (Å²) in [5, 5.41) is 9.83. The summed E-state index contributed by atoms with van der Waals surface area (Å²) in [5.74, 6) is -0.330. The van der Waals surface area contributed by atoms with E-state index in [-0.39, 0.29) is 21.4 Å². The first-order valence-electron chi connectivity index (χ1n) is 6.60. The Morgan fingerprint density at radius 3 is 2.55 bits per heavy atom. The Balaban J connectivity index is 2.19. The Morgan fingerprint density at radius 2 is 1.95 bits per heavy atom. The van der Waals surface area contributed by atoms with Gasteiger partial charge in [-0.15, -0.1) is 10.2 Å². The summed E-state index contributed by atoms with van der Waals surface area (Å²) in [6.45, 7) is 3.21. The first kappa shape index (κ1) is 16.5. The van der Waals surface area contributed by atoms with Gasteiger partial charge in [0.25, 0.3) is 10.0 Å². The molecule has 0 bridgehead atoms. The van der Waals surface area contributed by atoms with Crippen molar-refractivity contribution < 1.29 is 13.2 Å². The normalized spacial score (nSPS) is 12.8. The first-order valence-corrected chi connectivity index (χ1v) is 8.90. The highest BCUT2D eigenvalue weighted by atomic mass is 32.2. The van der Waals surface area contributed by atoms with Crippen molar-refractivity contribution in [1.29, 1.82) is 0 Å². The molecule has 2 aromatic rings. The van der Waals surface area contributed by atoms with E-state index in [9.17, 15) is 13.2 Å². The molecule has 1 heterocycles. The highest BCUT2D eigenvalue weighted by molar-refractivity contribution is 7.91. The van der Waals surface area contributed by atoms with Crippen molar-refractivity contribution in [2.24, 2.45) is 0 Å². The Labute approximate surface area is 132 Å². The molecular weight excluding hydrogens is 324 g/mol. The molecular formula is C13H16N4O3S2. The number of carbonyl (C=O) groups is 1. The summed E-state index contributed by atoms with van der Waals surface area (Å²) < 4.78 is 27.2. The molecule has 1 amide bonds. The lowest BCUT2D eigenvalue weighted by Crippen LogP contribution is -2.28. The van der Waals surface area contributed by atoms with Gasteiger partial charge in [-0.25, -0.2) is 13.1 Å². The molecule has 118 valence electrons. The summed E-state index contributed by atoms with van der Waals surface area (Å²) in [6.07, 6.45) is 0.598. The Kier molecular flexibility index (Phi) is 5.22. The maximum Gasteiger partial charge on any atom is 0.270 e. The molecule has 1 atom stereocenters. The average Bonchev–Trinajstić information content (AvgIpc) is 2.94. The molecule has 0 aliphatic carbocycles. The molecule has 0 spiro atoms. The first-order chi connectivity index (χ1) is 10.4. The number of benzene rings is 1. The summed E-state index contributed by atoms with van der Waals surface area (Å²) in [7, 11) is -3.79. The van der Waals surface area contributed by atoms with Crippen LogP contribution in [-0.2, 0) is 14.8 Å². The predicted molar refractivity (Wildman–Crippen MR) is 84.0 cm³/mol. The van der Waals surface area contributed by atoms with E-state index >= 15 is 0 Å². The summed E-state index contributed by atoms with van der Waals surface area (Å²) in [4.78, 5) is 10.9. The molecule has 1 aromatic heterocycles. The fourth-order valence-corrected chi connectivity index (χ4v) is 4.10. The third kappa shape index (κ3) is 4.09. The zero-order valence-corrected chi connectivity index (χ0v) is 13.7. The maximum atomic E-state index is 12.4. The van der Waals surface area contributed by atoms with E-state index in [1.165, 1.54) is 6.92 Å². The molecule has 0 radical (unpaired) electrons. The number of rotatable bonds is 6. The Hall–Kier alpha value is -1.84. The minimum absolute atomic E-state index is 0.153. The summed E-state index contributed by atoms with van der Waals surface area (Å²) in [6, 6.07) is 8.95. The van der Waals surface area contributed by atoms with E-state index in [4.69, 9.17) is 0 Å². The van der Waals surface area contributed by atoms with E-state index < -0.39 is 10.0 Å². The number of sulfonamides is 1. The van der Waals surface area contributed by atoms with Gasteiger partial charge < -0.3 is 5.32 Å². The van der Waals surface area contributed by atoms with Crippen molar-refractivity contribution in [2.75, 3.05) is 5.32 Å². The molecule has 22 heavy (non-hydrogen) atoms. The number of hydrogen-bond acceptors (Lipinski definition) is 6. The zero-order valence-electron chi connectivity index (χ0n) is 12.1. The summed E-state index contributed by atoms with van der Waals surface area (Å²) in [5.41, 5.74) is 0.875. The molecule has 7 nitrogen and oxygen atoms in total. The van der Waals surface area contributed by atoms with Gasteiger partial charge in [0, 0.05) is 13.0 Å². The SMILES string of the molecule is CCC(NS(=O)(=O)c1nnc(NC(C)=O)s1)c1ccccc1. The van der Waals surface area contributed by atoms with Crippen LogP contribution in [0.2, 0.25) is 0 Å². The molecule has 0 saturated carbocycles. The Morgan fingerprint density at radius 1 is 1.27 bits per heavy atom. The van der Waals surface area contributed by atoms with Crippen molar-refractivity contribution in [3.63, 3.8) is 0 Å². The van der Waals surface area contributed by atoms with Gasteiger partial charge >= 0.3 is 0 Å². The molecule has 0 aliphatic rings. The molecule has 0 fully saturated rings. The number of aromatic nitrogens is 2. The highest BCUT2D eigenvalue weighted by Gasteiger charge is 2.24. The third-order valence-electron chi connectivity index (χ3n) is 2.83. The molecule has 9 heteroatoms. The number of nitrogens with one attached hydrogen (secondary N) is 2. The molecule has 0 saturated heterocycles. The number of anilines is 1. The molecule has 0 aliphatic heterocycles. The van der Waals surface area contributed by atoms with Crippen LogP contribution in [-0.4, -0.2) is 24.5 Å². The number of hydrogen-bond donors (Lipinski definition) is 2. The largest absolute Gasteiger partial charge is 0.301 e. The standard InChI is InChI=1S/C13H16N4O3S2/c1-3-11(10-7-5-4-6-8-10)17-22(19,20)13-16-15-12(21-13)14-9(2)18/h4-8,11,17H,3H2,1-2H3,(H,14,15,18). The van der Waals surface area contributed by atoms with E-state index in [1.54, 1.807) is 0 Å². The quantitative estimate of drug-likeness (QED) is 0.783. The van der Waals surface area contributed by atoms with E-state index in [2.05, 4.69) is 20.2 Å². The average molecular weight is 340 g/mol. The van der Waals surface area contributed by atoms with Crippen molar-refractivity contribution in [2.45, 2.75) is 30.6 Å². The van der Waals surface area contributed by atoms with Crippen LogP contribution >= 0.6 is 11.3 Å². The van der Waals surface area contributed by atoms with Crippen molar-refractivity contribution in [3.05, 3.63) is 35.9 Å². The molecule has 2 rings (SSSR count). The van der Waals surface area contributed by atoms with E-state index in [1.807, 2.05) is 37.3 Å². The van der Waals surface area contributed by atoms with Crippen LogP contribution in [0.25, 0.3) is 0 Å². The fraction of sp³-hybridized carbons (Fsp3) is 0.308. The van der Waals surface area contributed by atoms with Crippen LogP contribution in [0.5, 0.6) is 0 Å². The number of amides is 1.